The lowest BCUT2D eigenvalue weighted by Gasteiger charge is -2.40. The van der Waals surface area contributed by atoms with Gasteiger partial charge in [-0.25, -0.2) is 0 Å². The predicted molar refractivity (Wildman–Crippen MR) is 267 cm³/mol. The van der Waals surface area contributed by atoms with Crippen molar-refractivity contribution in [1.29, 1.82) is 0 Å². The molecule has 1 aliphatic rings. The highest BCUT2D eigenvalue weighted by Crippen LogP contribution is 2.23. The van der Waals surface area contributed by atoms with Crippen LogP contribution in [-0.4, -0.2) is 87.5 Å². The van der Waals surface area contributed by atoms with Gasteiger partial charge in [0.15, 0.2) is 6.29 Å². The summed E-state index contributed by atoms with van der Waals surface area (Å²) in [7, 11) is 0. The maximum Gasteiger partial charge on any atom is 0.220 e. The van der Waals surface area contributed by atoms with Crippen LogP contribution in [0.3, 0.4) is 0 Å². The van der Waals surface area contributed by atoms with Gasteiger partial charge in [0.05, 0.1) is 25.4 Å². The lowest BCUT2D eigenvalue weighted by molar-refractivity contribution is -0.302. The molecule has 1 saturated heterocycles. The Kier molecular flexibility index (Phi) is 42.7. The van der Waals surface area contributed by atoms with E-state index < -0.39 is 49.5 Å². The van der Waals surface area contributed by atoms with Gasteiger partial charge in [0.1, 0.15) is 24.4 Å². The Balaban J connectivity index is 2.26. The number of hydrogen-bond acceptors (Lipinski definition) is 8. The first-order valence-corrected chi connectivity index (χ1v) is 27.2. The van der Waals surface area contributed by atoms with Crippen LogP contribution in [0, 0.1) is 0 Å². The van der Waals surface area contributed by atoms with Crippen LogP contribution in [0.15, 0.2) is 36.5 Å². The van der Waals surface area contributed by atoms with E-state index in [1.807, 2.05) is 6.08 Å². The molecule has 0 radical (unpaired) electrons. The zero-order chi connectivity index (χ0) is 46.6. The molecule has 0 spiro atoms. The van der Waals surface area contributed by atoms with Crippen LogP contribution in [0.5, 0.6) is 0 Å². The summed E-state index contributed by atoms with van der Waals surface area (Å²) >= 11 is 0. The zero-order valence-corrected chi connectivity index (χ0v) is 41.5. The summed E-state index contributed by atoms with van der Waals surface area (Å²) in [5, 5.41) is 54.4. The number of aliphatic hydroxyl groups is 5. The van der Waals surface area contributed by atoms with Crippen LogP contribution in [-0.2, 0) is 14.3 Å². The summed E-state index contributed by atoms with van der Waals surface area (Å²) in [6.45, 7) is 3.77. The maximum atomic E-state index is 13.0. The number of hydrogen-bond donors (Lipinski definition) is 6. The Labute approximate surface area is 393 Å². The standard InChI is InChI=1S/C55H103NO8/c1-3-5-7-9-11-13-15-17-19-21-22-23-24-25-26-27-29-30-32-34-36-38-40-42-44-49(58)48(47-63-55-54(62)53(61)52(60)50(46-57)64-55)56-51(59)45-43-41-39-37-35-33-31-28-20-18-16-14-12-10-8-6-4-2/h12,14,18,20,42,44,48-50,52-55,57-58,60-62H,3-11,13,15-17,19,21-41,43,45-47H2,1-2H3,(H,56,59)/b14-12-,20-18-,44-42+. The minimum absolute atomic E-state index is 0.183. The molecule has 0 aliphatic carbocycles. The highest BCUT2D eigenvalue weighted by Gasteiger charge is 2.44. The summed E-state index contributed by atoms with van der Waals surface area (Å²) in [6, 6.07) is -0.809. The topological polar surface area (TPSA) is 149 Å². The van der Waals surface area contributed by atoms with E-state index in [2.05, 4.69) is 43.5 Å². The molecule has 0 aromatic heterocycles. The second-order valence-corrected chi connectivity index (χ2v) is 19.0. The molecule has 64 heavy (non-hydrogen) atoms. The molecule has 6 N–H and O–H groups in total. The third kappa shape index (κ3) is 34.7. The van der Waals surface area contributed by atoms with E-state index in [4.69, 9.17) is 9.47 Å². The van der Waals surface area contributed by atoms with Crippen LogP contribution < -0.4 is 5.32 Å². The minimum Gasteiger partial charge on any atom is -0.394 e. The number of nitrogens with one attached hydrogen (secondary N) is 1. The summed E-state index contributed by atoms with van der Waals surface area (Å²) in [6.07, 6.45) is 50.5. The quantitative estimate of drug-likeness (QED) is 0.0261. The van der Waals surface area contributed by atoms with E-state index in [-0.39, 0.29) is 12.5 Å². The molecule has 0 aromatic rings. The fraction of sp³-hybridized carbons (Fsp3) is 0.873. The SMILES string of the molecule is CCCCC/C=C\C/C=C\CCCCCCCCCC(=O)NC(COC1OC(CO)C(O)C(O)C1O)C(O)/C=C/CCCCCCCCCCCCCCCCCCCCCCCC. The number of carbonyl (C=O) groups excluding carboxylic acids is 1. The maximum absolute atomic E-state index is 13.0. The summed E-state index contributed by atoms with van der Waals surface area (Å²) in [4.78, 5) is 13.0. The van der Waals surface area contributed by atoms with Crippen molar-refractivity contribution in [2.24, 2.45) is 0 Å². The number of amides is 1. The average molecular weight is 906 g/mol. The number of ether oxygens (including phenoxy) is 2. The van der Waals surface area contributed by atoms with Crippen molar-refractivity contribution in [2.75, 3.05) is 13.2 Å². The Morgan fingerprint density at radius 2 is 0.922 bits per heavy atom. The first-order chi connectivity index (χ1) is 31.3. The van der Waals surface area contributed by atoms with Crippen LogP contribution in [0.4, 0.5) is 0 Å². The molecule has 1 amide bonds. The Bertz CT molecular complexity index is 1100. The van der Waals surface area contributed by atoms with Gasteiger partial charge in [-0.05, 0) is 51.4 Å². The normalized spacial score (nSPS) is 20.3. The van der Waals surface area contributed by atoms with E-state index in [1.165, 1.54) is 173 Å². The summed E-state index contributed by atoms with van der Waals surface area (Å²) < 4.78 is 11.3. The lowest BCUT2D eigenvalue weighted by atomic mass is 9.99. The smallest absolute Gasteiger partial charge is 0.220 e. The monoisotopic (exact) mass is 906 g/mol. The van der Waals surface area contributed by atoms with Gasteiger partial charge in [-0.2, -0.15) is 0 Å². The van der Waals surface area contributed by atoms with Gasteiger partial charge in [0, 0.05) is 6.42 Å². The van der Waals surface area contributed by atoms with Crippen LogP contribution in [0.2, 0.25) is 0 Å². The van der Waals surface area contributed by atoms with E-state index >= 15 is 0 Å². The third-order valence-corrected chi connectivity index (χ3v) is 13.0. The van der Waals surface area contributed by atoms with Crippen molar-refractivity contribution in [3.05, 3.63) is 36.5 Å². The first kappa shape index (κ1) is 60.4. The van der Waals surface area contributed by atoms with Gasteiger partial charge in [-0.3, -0.25) is 4.79 Å². The molecule has 7 unspecified atom stereocenters. The molecule has 376 valence electrons. The molecule has 0 bridgehead atoms. The van der Waals surface area contributed by atoms with Crippen molar-refractivity contribution in [1.82, 2.24) is 5.32 Å². The molecule has 9 nitrogen and oxygen atoms in total. The van der Waals surface area contributed by atoms with Crippen LogP contribution in [0.1, 0.15) is 251 Å². The highest BCUT2D eigenvalue weighted by atomic mass is 16.7. The molecule has 1 rings (SSSR count). The van der Waals surface area contributed by atoms with Gasteiger partial charge >= 0.3 is 0 Å². The van der Waals surface area contributed by atoms with Gasteiger partial charge < -0.3 is 40.3 Å². The van der Waals surface area contributed by atoms with Gasteiger partial charge in [0.2, 0.25) is 5.91 Å². The summed E-state index contributed by atoms with van der Waals surface area (Å²) in [5.74, 6) is -0.183. The van der Waals surface area contributed by atoms with Crippen molar-refractivity contribution < 1.29 is 39.8 Å². The van der Waals surface area contributed by atoms with E-state index in [0.717, 1.165) is 57.8 Å². The average Bonchev–Trinajstić information content (AvgIpc) is 3.29. The molecule has 1 aliphatic heterocycles. The predicted octanol–water partition coefficient (Wildman–Crippen LogP) is 12.8. The molecular formula is C55H103NO8. The molecule has 0 aromatic carbocycles. The number of rotatable bonds is 46. The van der Waals surface area contributed by atoms with E-state index in [1.54, 1.807) is 6.08 Å². The highest BCUT2D eigenvalue weighted by molar-refractivity contribution is 5.76. The Morgan fingerprint density at radius 3 is 1.38 bits per heavy atom. The van der Waals surface area contributed by atoms with Gasteiger partial charge in [0.25, 0.3) is 0 Å². The summed E-state index contributed by atoms with van der Waals surface area (Å²) in [5.41, 5.74) is 0. The number of carbonyl (C=O) groups is 1. The molecule has 0 saturated carbocycles. The number of aliphatic hydroxyl groups excluding tert-OH is 5. The fourth-order valence-corrected chi connectivity index (χ4v) is 8.60. The molecule has 1 heterocycles. The second kappa shape index (κ2) is 45.2. The van der Waals surface area contributed by atoms with Gasteiger partial charge in [-0.1, -0.05) is 230 Å². The number of allylic oxidation sites excluding steroid dienone is 5. The largest absolute Gasteiger partial charge is 0.394 e. The fourth-order valence-electron chi connectivity index (χ4n) is 8.60. The van der Waals surface area contributed by atoms with Crippen LogP contribution >= 0.6 is 0 Å². The van der Waals surface area contributed by atoms with Gasteiger partial charge in [-0.15, -0.1) is 0 Å². The zero-order valence-electron chi connectivity index (χ0n) is 41.5. The Hall–Kier alpha value is -1.59. The minimum atomic E-state index is -1.57. The van der Waals surface area contributed by atoms with Crippen molar-refractivity contribution >= 4 is 5.91 Å². The lowest BCUT2D eigenvalue weighted by Crippen LogP contribution is -2.60. The van der Waals surface area contributed by atoms with Crippen LogP contribution in [0.25, 0.3) is 0 Å². The van der Waals surface area contributed by atoms with E-state index in [0.29, 0.717) is 6.42 Å². The molecule has 9 heteroatoms. The molecular weight excluding hydrogens is 803 g/mol. The van der Waals surface area contributed by atoms with Crippen molar-refractivity contribution in [3.8, 4) is 0 Å². The first-order valence-electron chi connectivity index (χ1n) is 27.2. The van der Waals surface area contributed by atoms with Crippen molar-refractivity contribution in [3.63, 3.8) is 0 Å². The van der Waals surface area contributed by atoms with E-state index in [9.17, 15) is 30.3 Å². The molecule has 7 atom stereocenters. The Morgan fingerprint density at radius 1 is 0.531 bits per heavy atom. The molecule has 1 fully saturated rings. The third-order valence-electron chi connectivity index (χ3n) is 13.0. The number of unbranched alkanes of at least 4 members (excludes halogenated alkanes) is 32. The second-order valence-electron chi connectivity index (χ2n) is 19.0. The van der Waals surface area contributed by atoms with Crippen molar-refractivity contribution in [2.45, 2.75) is 294 Å².